The van der Waals surface area contributed by atoms with Crippen LogP contribution < -0.4 is 0 Å². The lowest BCUT2D eigenvalue weighted by Gasteiger charge is -2.22. The Bertz CT molecular complexity index is 216. The van der Waals surface area contributed by atoms with Crippen molar-refractivity contribution in [3.63, 3.8) is 0 Å². The largest absolute Gasteiger partial charge is 0.396 e. The third kappa shape index (κ3) is 18.2. The summed E-state index contributed by atoms with van der Waals surface area (Å²) < 4.78 is 0. The number of nitrogens with zero attached hydrogens (tertiary/aromatic N) is 2. The second kappa shape index (κ2) is 19.2. The van der Waals surface area contributed by atoms with Crippen molar-refractivity contribution >= 4 is 0 Å². The fourth-order valence-electron chi connectivity index (χ4n) is 2.97. The van der Waals surface area contributed by atoms with Crippen molar-refractivity contribution in [3.05, 3.63) is 0 Å². The number of hydrogen-bond donors (Lipinski definition) is 2. The summed E-state index contributed by atoms with van der Waals surface area (Å²) >= 11 is 0. The minimum Gasteiger partial charge on any atom is -0.396 e. The highest BCUT2D eigenvalue weighted by Crippen LogP contribution is 2.07. The van der Waals surface area contributed by atoms with E-state index in [0.717, 1.165) is 25.9 Å². The third-order valence-corrected chi connectivity index (χ3v) is 4.76. The van der Waals surface area contributed by atoms with Crippen LogP contribution in [0.25, 0.3) is 0 Å². The minimum atomic E-state index is 0.347. The van der Waals surface area contributed by atoms with Gasteiger partial charge in [-0.3, -0.25) is 0 Å². The first-order chi connectivity index (χ1) is 11.7. The fourth-order valence-corrected chi connectivity index (χ4v) is 2.97. The molecule has 0 aromatic carbocycles. The first-order valence-corrected chi connectivity index (χ1v) is 10.3. The van der Waals surface area contributed by atoms with Crippen LogP contribution in [0.5, 0.6) is 0 Å². The van der Waals surface area contributed by atoms with Crippen molar-refractivity contribution in [1.82, 2.24) is 9.80 Å². The Morgan fingerprint density at radius 1 is 0.417 bits per heavy atom. The molecule has 0 radical (unpaired) electrons. The van der Waals surface area contributed by atoms with E-state index in [1.807, 2.05) is 0 Å². The van der Waals surface area contributed by atoms with Crippen molar-refractivity contribution in [2.75, 3.05) is 53.5 Å². The highest BCUT2D eigenvalue weighted by molar-refractivity contribution is 4.58. The van der Waals surface area contributed by atoms with E-state index >= 15 is 0 Å². The van der Waals surface area contributed by atoms with Gasteiger partial charge in [0.05, 0.1) is 0 Å². The Hall–Kier alpha value is -0.160. The van der Waals surface area contributed by atoms with Gasteiger partial charge in [-0.2, -0.15) is 0 Å². The van der Waals surface area contributed by atoms with Crippen molar-refractivity contribution in [2.24, 2.45) is 0 Å². The lowest BCUT2D eigenvalue weighted by atomic mass is 10.1. The highest BCUT2D eigenvalue weighted by atomic mass is 16.3. The first-order valence-electron chi connectivity index (χ1n) is 10.3. The van der Waals surface area contributed by atoms with Gasteiger partial charge in [-0.1, -0.05) is 51.4 Å². The zero-order valence-corrected chi connectivity index (χ0v) is 16.5. The monoisotopic (exact) mass is 344 g/mol. The smallest absolute Gasteiger partial charge is 0.0431 e. The molecule has 0 rings (SSSR count). The van der Waals surface area contributed by atoms with Crippen LogP contribution in [0.15, 0.2) is 0 Å². The zero-order valence-electron chi connectivity index (χ0n) is 16.5. The van der Waals surface area contributed by atoms with E-state index in [4.69, 9.17) is 10.2 Å². The molecule has 0 heterocycles. The summed E-state index contributed by atoms with van der Waals surface area (Å²) in [5.74, 6) is 0. The average Bonchev–Trinajstić information content (AvgIpc) is 2.58. The molecular weight excluding hydrogens is 300 g/mol. The Kier molecular flexibility index (Phi) is 19.0. The summed E-state index contributed by atoms with van der Waals surface area (Å²) in [4.78, 5) is 4.91. The van der Waals surface area contributed by atoms with Crippen LogP contribution >= 0.6 is 0 Å². The van der Waals surface area contributed by atoms with Crippen LogP contribution in [0.1, 0.15) is 77.0 Å². The Labute approximate surface area is 151 Å². The first kappa shape index (κ1) is 23.8. The quantitative estimate of drug-likeness (QED) is 0.352. The van der Waals surface area contributed by atoms with Crippen LogP contribution in [-0.4, -0.2) is 73.5 Å². The summed E-state index contributed by atoms with van der Waals surface area (Å²) in [5, 5.41) is 17.5. The van der Waals surface area contributed by atoms with Crippen LogP contribution in [0.2, 0.25) is 0 Å². The third-order valence-electron chi connectivity index (χ3n) is 4.76. The average molecular weight is 345 g/mol. The molecule has 0 bridgehead atoms. The molecule has 0 aromatic rings. The maximum absolute atomic E-state index is 8.74. The van der Waals surface area contributed by atoms with Gasteiger partial charge in [0.25, 0.3) is 0 Å². The molecule has 4 nitrogen and oxygen atoms in total. The lowest BCUT2D eigenvalue weighted by molar-refractivity contribution is 0.249. The van der Waals surface area contributed by atoms with E-state index in [-0.39, 0.29) is 0 Å². The molecule has 0 aromatic heterocycles. The number of unbranched alkanes of at least 4 members (excludes halogenated alkanes) is 10. The molecular formula is C20H44N2O2. The second-order valence-electron chi connectivity index (χ2n) is 7.30. The molecule has 146 valence electrons. The molecule has 0 saturated carbocycles. The van der Waals surface area contributed by atoms with Gasteiger partial charge in [0.2, 0.25) is 0 Å². The molecule has 0 unspecified atom stereocenters. The predicted octanol–water partition coefficient (Wildman–Crippen LogP) is 3.52. The Morgan fingerprint density at radius 3 is 1.04 bits per heavy atom. The van der Waals surface area contributed by atoms with Crippen molar-refractivity contribution < 1.29 is 10.2 Å². The molecule has 0 amide bonds. The normalized spacial score (nSPS) is 11.8. The standard InChI is InChI=1S/C20H44N2O2/c1-21(15-11-7-3-5-9-13-19-23)17-18-22(2)16-12-8-4-6-10-14-20-24/h23-24H,3-20H2,1-2H3. The van der Waals surface area contributed by atoms with E-state index in [1.165, 1.54) is 77.3 Å². The van der Waals surface area contributed by atoms with Gasteiger partial charge in [-0.15, -0.1) is 0 Å². The van der Waals surface area contributed by atoms with E-state index in [9.17, 15) is 0 Å². The van der Waals surface area contributed by atoms with E-state index in [1.54, 1.807) is 0 Å². The molecule has 2 N–H and O–H groups in total. The highest BCUT2D eigenvalue weighted by Gasteiger charge is 2.02. The molecule has 0 aliphatic carbocycles. The number of aliphatic hydroxyl groups excluding tert-OH is 2. The molecule has 0 spiro atoms. The van der Waals surface area contributed by atoms with Gasteiger partial charge in [0.1, 0.15) is 0 Å². The molecule has 0 fully saturated rings. The lowest BCUT2D eigenvalue weighted by Crippen LogP contribution is -2.32. The molecule has 0 aliphatic rings. The van der Waals surface area contributed by atoms with Gasteiger partial charge in [-0.25, -0.2) is 0 Å². The molecule has 0 saturated heterocycles. The number of rotatable bonds is 19. The maximum atomic E-state index is 8.74. The van der Waals surface area contributed by atoms with Crippen molar-refractivity contribution in [1.29, 1.82) is 0 Å². The Morgan fingerprint density at radius 2 is 0.708 bits per heavy atom. The van der Waals surface area contributed by atoms with Gasteiger partial charge in [0, 0.05) is 26.3 Å². The number of aliphatic hydroxyl groups is 2. The van der Waals surface area contributed by atoms with Crippen LogP contribution in [-0.2, 0) is 0 Å². The second-order valence-corrected chi connectivity index (χ2v) is 7.30. The molecule has 24 heavy (non-hydrogen) atoms. The summed E-state index contributed by atoms with van der Waals surface area (Å²) in [7, 11) is 4.47. The van der Waals surface area contributed by atoms with Crippen molar-refractivity contribution in [2.45, 2.75) is 77.0 Å². The van der Waals surface area contributed by atoms with E-state index in [2.05, 4.69) is 23.9 Å². The van der Waals surface area contributed by atoms with Crippen LogP contribution in [0.3, 0.4) is 0 Å². The molecule has 0 atom stereocenters. The summed E-state index contributed by atoms with van der Waals surface area (Å²) in [6.45, 7) is 5.44. The predicted molar refractivity (Wildman–Crippen MR) is 105 cm³/mol. The number of likely N-dealkylation sites (N-methyl/N-ethyl adjacent to an activating group) is 2. The van der Waals surface area contributed by atoms with Gasteiger partial charge >= 0.3 is 0 Å². The topological polar surface area (TPSA) is 46.9 Å². The number of hydrogen-bond acceptors (Lipinski definition) is 4. The summed E-state index contributed by atoms with van der Waals surface area (Å²) in [6.07, 6.45) is 14.7. The summed E-state index contributed by atoms with van der Waals surface area (Å²) in [6, 6.07) is 0. The van der Waals surface area contributed by atoms with E-state index < -0.39 is 0 Å². The SMILES string of the molecule is CN(CCCCCCCCO)CCN(C)CCCCCCCCO. The van der Waals surface area contributed by atoms with Gasteiger partial charge < -0.3 is 20.0 Å². The van der Waals surface area contributed by atoms with E-state index in [0.29, 0.717) is 13.2 Å². The van der Waals surface area contributed by atoms with Crippen LogP contribution in [0.4, 0.5) is 0 Å². The van der Waals surface area contributed by atoms with Crippen LogP contribution in [0, 0.1) is 0 Å². The zero-order chi connectivity index (χ0) is 17.9. The van der Waals surface area contributed by atoms with Crippen molar-refractivity contribution in [3.8, 4) is 0 Å². The Balaban J connectivity index is 3.31. The van der Waals surface area contributed by atoms with Gasteiger partial charge in [0.15, 0.2) is 0 Å². The van der Waals surface area contributed by atoms with Gasteiger partial charge in [-0.05, 0) is 52.9 Å². The maximum Gasteiger partial charge on any atom is 0.0431 e. The molecule has 0 aliphatic heterocycles. The fraction of sp³-hybridized carbons (Fsp3) is 1.00. The molecule has 4 heteroatoms. The minimum absolute atomic E-state index is 0.347. The summed E-state index contributed by atoms with van der Waals surface area (Å²) in [5.41, 5.74) is 0.